The van der Waals surface area contributed by atoms with Crippen LogP contribution in [-0.4, -0.2) is 25.3 Å². The summed E-state index contributed by atoms with van der Waals surface area (Å²) >= 11 is 2.09. The monoisotopic (exact) mass is 450 g/mol. The largest absolute Gasteiger partial charge is 0.389 e. The summed E-state index contributed by atoms with van der Waals surface area (Å²) in [6.07, 6.45) is 0.512. The van der Waals surface area contributed by atoms with Gasteiger partial charge < -0.3 is 10.6 Å². The van der Waals surface area contributed by atoms with Gasteiger partial charge in [-0.1, -0.05) is 12.1 Å². The number of hydrogen-bond donors (Lipinski definition) is 2. The van der Waals surface area contributed by atoms with Crippen molar-refractivity contribution in [1.29, 1.82) is 0 Å². The fourth-order valence-corrected chi connectivity index (χ4v) is 4.36. The van der Waals surface area contributed by atoms with Gasteiger partial charge in [0.05, 0.1) is 6.42 Å². The minimum Gasteiger partial charge on any atom is -0.382 e. The van der Waals surface area contributed by atoms with E-state index in [1.54, 1.807) is 0 Å². The van der Waals surface area contributed by atoms with Gasteiger partial charge in [0, 0.05) is 17.3 Å². The third-order valence-corrected chi connectivity index (χ3v) is 6.00. The molecule has 1 atom stereocenters. The molecule has 0 amide bonds. The normalized spacial score (nSPS) is 22.5. The van der Waals surface area contributed by atoms with Crippen molar-refractivity contribution in [3.8, 4) is 0 Å². The molecule has 1 aliphatic heterocycles. The number of piperidine rings is 1. The average molecular weight is 450 g/mol. The molecule has 1 heterocycles. The summed E-state index contributed by atoms with van der Waals surface area (Å²) in [5.41, 5.74) is 3.28. The minimum absolute atomic E-state index is 0.426. The summed E-state index contributed by atoms with van der Waals surface area (Å²) < 4.78 is 39.3. The molecule has 0 bridgehead atoms. The fraction of sp³-hybridized carbons (Fsp3) is 0.556. The van der Waals surface area contributed by atoms with Crippen molar-refractivity contribution < 1.29 is 13.2 Å². The summed E-state index contributed by atoms with van der Waals surface area (Å²) in [5.74, 6) is -0.426. The Bertz CT molecular complexity index is 607. The predicted molar refractivity (Wildman–Crippen MR) is 100 cm³/mol. The molecule has 2 aliphatic rings. The van der Waals surface area contributed by atoms with Crippen LogP contribution < -0.4 is 10.6 Å². The smallest absolute Gasteiger partial charge is 0.382 e. The van der Waals surface area contributed by atoms with Crippen molar-refractivity contribution in [2.45, 2.75) is 44.3 Å². The van der Waals surface area contributed by atoms with Crippen LogP contribution in [-0.2, 0) is 6.42 Å². The van der Waals surface area contributed by atoms with Gasteiger partial charge in [0.1, 0.15) is 0 Å². The first-order valence-corrected chi connectivity index (χ1v) is 9.53. The number of rotatable bonds is 3. The van der Waals surface area contributed by atoms with Crippen molar-refractivity contribution >= 4 is 34.4 Å². The zero-order valence-corrected chi connectivity index (χ0v) is 15.6. The van der Waals surface area contributed by atoms with Gasteiger partial charge in [-0.05, 0) is 88.6 Å². The molecule has 1 aromatic carbocycles. The average Bonchev–Trinajstić information content (AvgIpc) is 2.68. The molecule has 0 saturated carbocycles. The van der Waals surface area contributed by atoms with Gasteiger partial charge in [-0.3, -0.25) is 0 Å². The molecule has 6 heteroatoms. The molecule has 24 heavy (non-hydrogen) atoms. The van der Waals surface area contributed by atoms with Crippen LogP contribution in [0.3, 0.4) is 0 Å². The van der Waals surface area contributed by atoms with Crippen molar-refractivity contribution in [1.82, 2.24) is 5.32 Å². The molecular formula is C18H22F3IN2. The Labute approximate surface area is 154 Å². The number of alkyl halides is 3. The lowest BCUT2D eigenvalue weighted by molar-refractivity contribution is -0.141. The molecular weight excluding hydrogens is 428 g/mol. The van der Waals surface area contributed by atoms with E-state index in [0.717, 1.165) is 46.3 Å². The lowest BCUT2D eigenvalue weighted by atomic mass is 9.97. The van der Waals surface area contributed by atoms with Crippen molar-refractivity contribution in [3.05, 3.63) is 32.9 Å². The lowest BCUT2D eigenvalue weighted by Gasteiger charge is -2.26. The Morgan fingerprint density at radius 1 is 1.17 bits per heavy atom. The van der Waals surface area contributed by atoms with Gasteiger partial charge in [0.15, 0.2) is 0 Å². The molecule has 132 valence electrons. The van der Waals surface area contributed by atoms with Gasteiger partial charge in [0.25, 0.3) is 0 Å². The lowest BCUT2D eigenvalue weighted by Crippen LogP contribution is -2.35. The third kappa shape index (κ3) is 4.65. The Morgan fingerprint density at radius 3 is 2.62 bits per heavy atom. The van der Waals surface area contributed by atoms with Crippen LogP contribution in [0, 0.1) is 5.92 Å². The number of aryl methyl sites for hydroxylation is 1. The van der Waals surface area contributed by atoms with E-state index in [1.807, 2.05) is 24.3 Å². The van der Waals surface area contributed by atoms with Gasteiger partial charge in [-0.2, -0.15) is 13.2 Å². The number of allylic oxidation sites excluding steroid dienone is 1. The Hall–Kier alpha value is -0.760. The standard InChI is InChI=1S/C18H22F3IN2/c19-18(20,21)11-13-5-4-12-2-1-3-17(15(12)10-16(13)22)24-14-6-8-23-9-7-14/h1-3,10,13-14,23-24H,4-9,11H2. The van der Waals surface area contributed by atoms with Crippen LogP contribution >= 0.6 is 22.6 Å². The summed E-state index contributed by atoms with van der Waals surface area (Å²) in [5, 5.41) is 6.96. The third-order valence-electron chi connectivity index (χ3n) is 4.81. The second kappa shape index (κ2) is 7.64. The second-order valence-corrected chi connectivity index (χ2v) is 7.88. The number of nitrogens with one attached hydrogen (secondary N) is 2. The highest BCUT2D eigenvalue weighted by molar-refractivity contribution is 14.1. The zero-order chi connectivity index (χ0) is 17.2. The first-order chi connectivity index (χ1) is 11.4. The van der Waals surface area contributed by atoms with Crippen molar-refractivity contribution in [3.63, 3.8) is 0 Å². The number of benzene rings is 1. The molecule has 1 aliphatic carbocycles. The van der Waals surface area contributed by atoms with E-state index in [4.69, 9.17) is 0 Å². The van der Waals surface area contributed by atoms with Crippen LogP contribution in [0.2, 0.25) is 0 Å². The van der Waals surface area contributed by atoms with Crippen LogP contribution in [0.25, 0.3) is 6.08 Å². The molecule has 0 aromatic heterocycles. The Morgan fingerprint density at radius 2 is 1.92 bits per heavy atom. The van der Waals surface area contributed by atoms with E-state index in [1.165, 1.54) is 0 Å². The molecule has 1 aromatic rings. The topological polar surface area (TPSA) is 24.1 Å². The molecule has 0 spiro atoms. The summed E-state index contributed by atoms with van der Waals surface area (Å²) in [6, 6.07) is 6.52. The van der Waals surface area contributed by atoms with Crippen LogP contribution in [0.15, 0.2) is 21.8 Å². The van der Waals surface area contributed by atoms with E-state index in [9.17, 15) is 13.2 Å². The van der Waals surface area contributed by atoms with E-state index in [-0.39, 0.29) is 0 Å². The van der Waals surface area contributed by atoms with Crippen LogP contribution in [0.1, 0.15) is 36.8 Å². The predicted octanol–water partition coefficient (Wildman–Crippen LogP) is 5.14. The highest BCUT2D eigenvalue weighted by atomic mass is 127. The summed E-state index contributed by atoms with van der Waals surface area (Å²) in [7, 11) is 0. The number of halogens is 4. The SMILES string of the molecule is FC(F)(F)CC1CCc2cccc(NC3CCNCC3)c2C=C1I. The highest BCUT2D eigenvalue weighted by Crippen LogP contribution is 2.40. The van der Waals surface area contributed by atoms with Crippen molar-refractivity contribution in [2.24, 2.45) is 5.92 Å². The molecule has 1 saturated heterocycles. The molecule has 2 N–H and O–H groups in total. The zero-order valence-electron chi connectivity index (χ0n) is 13.4. The summed E-state index contributed by atoms with van der Waals surface area (Å²) in [6.45, 7) is 2.02. The molecule has 1 fully saturated rings. The molecule has 0 radical (unpaired) electrons. The Kier molecular flexibility index (Phi) is 5.74. The van der Waals surface area contributed by atoms with Gasteiger partial charge >= 0.3 is 6.18 Å². The van der Waals surface area contributed by atoms with E-state index < -0.39 is 18.5 Å². The van der Waals surface area contributed by atoms with E-state index >= 15 is 0 Å². The quantitative estimate of drug-likeness (QED) is 0.624. The number of anilines is 1. The fourth-order valence-electron chi connectivity index (χ4n) is 3.52. The maximum absolute atomic E-state index is 12.8. The number of hydrogen-bond acceptors (Lipinski definition) is 2. The molecule has 1 unspecified atom stereocenters. The molecule has 2 nitrogen and oxygen atoms in total. The van der Waals surface area contributed by atoms with E-state index in [2.05, 4.69) is 33.2 Å². The second-order valence-electron chi connectivity index (χ2n) is 6.63. The first-order valence-electron chi connectivity index (χ1n) is 8.45. The Balaban J connectivity index is 1.83. The first kappa shape index (κ1) is 18.0. The maximum atomic E-state index is 12.8. The van der Waals surface area contributed by atoms with E-state index in [0.29, 0.717) is 18.9 Å². The van der Waals surface area contributed by atoms with Gasteiger partial charge in [-0.25, -0.2) is 0 Å². The maximum Gasteiger partial charge on any atom is 0.389 e. The van der Waals surface area contributed by atoms with Crippen molar-refractivity contribution in [2.75, 3.05) is 18.4 Å². The van der Waals surface area contributed by atoms with Gasteiger partial charge in [-0.15, -0.1) is 0 Å². The molecule has 3 rings (SSSR count). The number of fused-ring (bicyclic) bond motifs is 1. The minimum atomic E-state index is -4.11. The van der Waals surface area contributed by atoms with Gasteiger partial charge in [0.2, 0.25) is 0 Å². The van der Waals surface area contributed by atoms with Crippen LogP contribution in [0.5, 0.6) is 0 Å². The van der Waals surface area contributed by atoms with Crippen LogP contribution in [0.4, 0.5) is 18.9 Å². The summed E-state index contributed by atoms with van der Waals surface area (Å²) in [4.78, 5) is 0. The highest BCUT2D eigenvalue weighted by Gasteiger charge is 2.33.